The average molecular weight is 580 g/mol. The minimum Gasteiger partial charge on any atom is -0.483 e. The zero-order chi connectivity index (χ0) is 30.7. The van der Waals surface area contributed by atoms with Gasteiger partial charge in [-0.05, 0) is 76.4 Å². The van der Waals surface area contributed by atoms with Crippen LogP contribution in [0.15, 0.2) is 0 Å². The Bertz CT molecular complexity index is 854. The van der Waals surface area contributed by atoms with E-state index in [0.29, 0.717) is 6.54 Å². The lowest BCUT2D eigenvalue weighted by Crippen LogP contribution is -2.61. The highest BCUT2D eigenvalue weighted by Crippen LogP contribution is 2.27. The maximum atomic E-state index is 14.0. The van der Waals surface area contributed by atoms with Gasteiger partial charge in [0.15, 0.2) is 0 Å². The molecule has 3 rings (SSSR count). The Morgan fingerprint density at radius 1 is 0.927 bits per heavy atom. The molecule has 3 aliphatic heterocycles. The first-order valence-corrected chi connectivity index (χ1v) is 15.7. The van der Waals surface area contributed by atoms with Crippen molar-refractivity contribution in [1.82, 2.24) is 24.9 Å². The van der Waals surface area contributed by atoms with Crippen molar-refractivity contribution in [3.8, 4) is 0 Å². The molecule has 0 spiro atoms. The summed E-state index contributed by atoms with van der Waals surface area (Å²) >= 11 is 0. The number of hydrogen-bond acceptors (Lipinski definition) is 6. The SMILES string of the molecule is CC(C)[C@@H](CN1CCCC[C@H]1C(=O)N1CCCCC1)N(C)C(=O)[C@@H](NC(=O)[C@H]1CCCCN1C)C(C)(C)C.O=CO. The van der Waals surface area contributed by atoms with Crippen LogP contribution < -0.4 is 5.32 Å². The van der Waals surface area contributed by atoms with Crippen molar-refractivity contribution in [2.45, 2.75) is 117 Å². The van der Waals surface area contributed by atoms with Crippen LogP contribution in [0.5, 0.6) is 0 Å². The van der Waals surface area contributed by atoms with Crippen molar-refractivity contribution >= 4 is 24.2 Å². The minimum atomic E-state index is -0.608. The van der Waals surface area contributed by atoms with Gasteiger partial charge >= 0.3 is 0 Å². The van der Waals surface area contributed by atoms with Crippen molar-refractivity contribution in [2.75, 3.05) is 46.8 Å². The Balaban J connectivity index is 0.00000187. The van der Waals surface area contributed by atoms with Gasteiger partial charge in [-0.1, -0.05) is 47.5 Å². The molecule has 10 nitrogen and oxygen atoms in total. The highest BCUT2D eigenvalue weighted by Gasteiger charge is 2.41. The number of likely N-dealkylation sites (tertiary alicyclic amines) is 3. The standard InChI is InChI=1S/C30H55N5O3.CH2O2/c1-22(2)25(21-35-20-14-10-16-24(35)28(37)34-18-11-8-12-19-34)33(7)29(38)26(30(3,4)5)31-27(36)23-15-9-13-17-32(23)6;2-1-3/h22-26H,8-21H2,1-7H3,(H,31,36);1H,(H,2,3)/t23-,24+,25-,26-;/m1./s1. The first kappa shape index (κ1) is 35.0. The summed E-state index contributed by atoms with van der Waals surface area (Å²) in [4.78, 5) is 57.6. The highest BCUT2D eigenvalue weighted by molar-refractivity contribution is 5.90. The number of carboxylic acid groups (broad SMARTS) is 1. The van der Waals surface area contributed by atoms with E-state index < -0.39 is 11.5 Å². The molecule has 236 valence electrons. The molecule has 3 saturated heterocycles. The van der Waals surface area contributed by atoms with Crippen LogP contribution in [0.2, 0.25) is 0 Å². The molecule has 0 aromatic heterocycles. The summed E-state index contributed by atoms with van der Waals surface area (Å²) in [5, 5.41) is 10.0. The summed E-state index contributed by atoms with van der Waals surface area (Å²) in [6, 6.07) is -0.922. The predicted molar refractivity (Wildman–Crippen MR) is 161 cm³/mol. The van der Waals surface area contributed by atoms with E-state index in [1.807, 2.05) is 39.8 Å². The van der Waals surface area contributed by atoms with Crippen LogP contribution in [-0.2, 0) is 19.2 Å². The topological polar surface area (TPSA) is 114 Å². The molecule has 0 aliphatic carbocycles. The maximum absolute atomic E-state index is 14.0. The second-order valence-electron chi connectivity index (χ2n) is 13.6. The molecular weight excluding hydrogens is 522 g/mol. The summed E-state index contributed by atoms with van der Waals surface area (Å²) in [7, 11) is 3.88. The van der Waals surface area contributed by atoms with E-state index in [0.717, 1.165) is 77.5 Å². The lowest BCUT2D eigenvalue weighted by atomic mass is 9.84. The fourth-order valence-electron chi connectivity index (χ4n) is 6.50. The fraction of sp³-hybridized carbons (Fsp3) is 0.871. The Labute approximate surface area is 248 Å². The van der Waals surface area contributed by atoms with Gasteiger partial charge in [-0.15, -0.1) is 0 Å². The number of carbonyl (C=O) groups excluding carboxylic acids is 3. The quantitative estimate of drug-likeness (QED) is 0.425. The van der Waals surface area contributed by atoms with Gasteiger partial charge in [-0.3, -0.25) is 29.0 Å². The molecule has 3 fully saturated rings. The van der Waals surface area contributed by atoms with Gasteiger partial charge in [0.1, 0.15) is 6.04 Å². The Hall–Kier alpha value is -2.20. The zero-order valence-corrected chi connectivity index (χ0v) is 26.7. The molecule has 4 atom stereocenters. The van der Waals surface area contributed by atoms with Crippen molar-refractivity contribution in [2.24, 2.45) is 11.3 Å². The molecular formula is C31H57N5O5. The molecule has 41 heavy (non-hydrogen) atoms. The number of piperidine rings is 3. The first-order valence-electron chi connectivity index (χ1n) is 15.7. The molecule has 0 bridgehead atoms. The Morgan fingerprint density at radius 2 is 1.46 bits per heavy atom. The van der Waals surface area contributed by atoms with E-state index in [-0.39, 0.29) is 48.2 Å². The van der Waals surface area contributed by atoms with Crippen molar-refractivity contribution in [1.29, 1.82) is 0 Å². The van der Waals surface area contributed by atoms with E-state index >= 15 is 0 Å². The lowest BCUT2D eigenvalue weighted by molar-refractivity contribution is -0.144. The van der Waals surface area contributed by atoms with Gasteiger partial charge in [-0.2, -0.15) is 0 Å². The fourth-order valence-corrected chi connectivity index (χ4v) is 6.50. The Morgan fingerprint density at radius 3 is 2.00 bits per heavy atom. The molecule has 3 aliphatic rings. The number of nitrogens with zero attached hydrogens (tertiary/aromatic N) is 4. The highest BCUT2D eigenvalue weighted by atomic mass is 16.3. The maximum Gasteiger partial charge on any atom is 0.290 e. The molecule has 3 amide bonds. The van der Waals surface area contributed by atoms with Gasteiger partial charge < -0.3 is 20.2 Å². The van der Waals surface area contributed by atoms with Gasteiger partial charge in [0.2, 0.25) is 17.7 Å². The second-order valence-corrected chi connectivity index (χ2v) is 13.6. The molecule has 3 heterocycles. The van der Waals surface area contributed by atoms with Crippen LogP contribution >= 0.6 is 0 Å². The summed E-state index contributed by atoms with van der Waals surface area (Å²) in [5.41, 5.74) is -0.423. The van der Waals surface area contributed by atoms with E-state index in [1.54, 1.807) is 0 Å². The monoisotopic (exact) mass is 579 g/mol. The van der Waals surface area contributed by atoms with Crippen LogP contribution in [-0.4, -0.2) is 120 Å². The number of likely N-dealkylation sites (N-methyl/N-ethyl adjacent to an activating group) is 2. The number of hydrogen-bond donors (Lipinski definition) is 2. The molecule has 0 unspecified atom stereocenters. The number of nitrogens with one attached hydrogen (secondary N) is 1. The third kappa shape index (κ3) is 9.94. The van der Waals surface area contributed by atoms with Gasteiger partial charge in [0.25, 0.3) is 6.47 Å². The van der Waals surface area contributed by atoms with E-state index in [2.05, 4.69) is 33.9 Å². The van der Waals surface area contributed by atoms with Crippen molar-refractivity contribution in [3.05, 3.63) is 0 Å². The van der Waals surface area contributed by atoms with Crippen LogP contribution in [0.1, 0.15) is 92.4 Å². The normalized spacial score (nSPS) is 24.0. The van der Waals surface area contributed by atoms with Crippen molar-refractivity contribution < 1.29 is 24.3 Å². The molecule has 10 heteroatoms. The second kappa shape index (κ2) is 16.4. The summed E-state index contributed by atoms with van der Waals surface area (Å²) in [6.45, 7) is 14.4. The molecule has 0 radical (unpaired) electrons. The van der Waals surface area contributed by atoms with Gasteiger partial charge in [-0.25, -0.2) is 0 Å². The number of amides is 3. The van der Waals surface area contributed by atoms with E-state index in [4.69, 9.17) is 9.90 Å². The van der Waals surface area contributed by atoms with E-state index in [1.165, 1.54) is 6.42 Å². The molecule has 0 aromatic rings. The summed E-state index contributed by atoms with van der Waals surface area (Å²) < 4.78 is 0. The van der Waals surface area contributed by atoms with E-state index in [9.17, 15) is 14.4 Å². The smallest absolute Gasteiger partial charge is 0.290 e. The Kier molecular flexibility index (Phi) is 14.0. The first-order chi connectivity index (χ1) is 19.3. The number of rotatable bonds is 8. The van der Waals surface area contributed by atoms with Crippen LogP contribution in [0.25, 0.3) is 0 Å². The molecule has 2 N–H and O–H groups in total. The van der Waals surface area contributed by atoms with Crippen LogP contribution in [0.3, 0.4) is 0 Å². The minimum absolute atomic E-state index is 0.0427. The van der Waals surface area contributed by atoms with Gasteiger partial charge in [0, 0.05) is 32.7 Å². The lowest BCUT2D eigenvalue weighted by Gasteiger charge is -2.44. The third-order valence-electron chi connectivity index (χ3n) is 9.08. The largest absolute Gasteiger partial charge is 0.483 e. The molecule has 0 aromatic carbocycles. The third-order valence-corrected chi connectivity index (χ3v) is 9.08. The predicted octanol–water partition coefficient (Wildman–Crippen LogP) is 3.05. The van der Waals surface area contributed by atoms with Crippen molar-refractivity contribution in [3.63, 3.8) is 0 Å². The number of carbonyl (C=O) groups is 4. The van der Waals surface area contributed by atoms with Crippen LogP contribution in [0, 0.1) is 11.3 Å². The average Bonchev–Trinajstić information content (AvgIpc) is 2.94. The van der Waals surface area contributed by atoms with Crippen LogP contribution in [0.4, 0.5) is 0 Å². The molecule has 0 saturated carbocycles. The summed E-state index contributed by atoms with van der Waals surface area (Å²) in [6.07, 6.45) is 9.45. The van der Waals surface area contributed by atoms with Gasteiger partial charge in [0.05, 0.1) is 12.1 Å². The zero-order valence-electron chi connectivity index (χ0n) is 26.7. The summed E-state index contributed by atoms with van der Waals surface area (Å²) in [5.74, 6) is 0.409.